The van der Waals surface area contributed by atoms with Crippen molar-refractivity contribution in [2.75, 3.05) is 0 Å². The molecule has 0 aliphatic rings. The second-order valence-electron chi connectivity index (χ2n) is 3.95. The van der Waals surface area contributed by atoms with E-state index >= 15 is 0 Å². The van der Waals surface area contributed by atoms with Gasteiger partial charge in [-0.05, 0) is 31.9 Å². The first-order valence-electron chi connectivity index (χ1n) is 5.13. The lowest BCUT2D eigenvalue weighted by Gasteiger charge is -2.20. The van der Waals surface area contributed by atoms with Crippen molar-refractivity contribution in [3.8, 4) is 0 Å². The Hall–Kier alpha value is -1.55. The van der Waals surface area contributed by atoms with Gasteiger partial charge in [0.2, 0.25) is 0 Å². The largest absolute Gasteiger partial charge is 0.444 e. The Bertz CT molecular complexity index is 390. The normalized spacial score (nSPS) is 14.2. The average Bonchev–Trinajstić information content (AvgIpc) is 2.15. The summed E-state index contributed by atoms with van der Waals surface area (Å²) in [4.78, 5) is 10.6. The highest BCUT2D eigenvalue weighted by molar-refractivity contribution is 5.64. The van der Waals surface area contributed by atoms with E-state index in [0.717, 1.165) is 16.7 Å². The van der Waals surface area contributed by atoms with Gasteiger partial charge in [-0.2, -0.15) is 0 Å². The molecular weight excluding hydrogens is 206 g/mol. The van der Waals surface area contributed by atoms with Gasteiger partial charge in [0, 0.05) is 0 Å². The van der Waals surface area contributed by atoms with Gasteiger partial charge in [-0.1, -0.05) is 23.8 Å². The summed E-state index contributed by atoms with van der Waals surface area (Å²) in [6.45, 7) is 5.49. The molecule has 1 aromatic rings. The first-order valence-corrected chi connectivity index (χ1v) is 5.13. The minimum atomic E-state index is -0.878. The van der Waals surface area contributed by atoms with E-state index in [1.807, 2.05) is 32.0 Å². The molecule has 0 aliphatic heterocycles. The number of benzene rings is 1. The maximum atomic E-state index is 10.6. The number of ether oxygens (including phenoxy) is 1. The van der Waals surface area contributed by atoms with Crippen LogP contribution in [0.4, 0.5) is 4.79 Å². The molecule has 0 saturated carbocycles. The lowest BCUT2D eigenvalue weighted by Crippen LogP contribution is -2.26. The summed E-state index contributed by atoms with van der Waals surface area (Å²) in [5.74, 6) is 0. The van der Waals surface area contributed by atoms with Crippen molar-refractivity contribution in [1.29, 1.82) is 0 Å². The standard InChI is InChI=1S/C12H17NO3/c1-7-4-5-10(8(2)6-7)11(14)9(3)16-12(13)15/h4-6,9,11,14H,1-3H3,(H2,13,15)/t9-,11+/m0/s1. The SMILES string of the molecule is Cc1ccc([C@H](O)[C@H](C)OC(N)=O)c(C)c1. The molecule has 1 rings (SSSR count). The smallest absolute Gasteiger partial charge is 0.404 e. The van der Waals surface area contributed by atoms with Crippen LogP contribution in [0.15, 0.2) is 18.2 Å². The van der Waals surface area contributed by atoms with Crippen molar-refractivity contribution in [3.63, 3.8) is 0 Å². The topological polar surface area (TPSA) is 72.6 Å². The second kappa shape index (κ2) is 4.99. The predicted molar refractivity (Wildman–Crippen MR) is 61.0 cm³/mol. The molecule has 88 valence electrons. The summed E-state index contributed by atoms with van der Waals surface area (Å²) in [7, 11) is 0. The number of rotatable bonds is 3. The minimum Gasteiger partial charge on any atom is -0.444 e. The van der Waals surface area contributed by atoms with Gasteiger partial charge in [-0.3, -0.25) is 0 Å². The molecule has 2 atom stereocenters. The number of carbonyl (C=O) groups excluding carboxylic acids is 1. The molecule has 0 unspecified atom stereocenters. The number of aliphatic hydroxyl groups excluding tert-OH is 1. The summed E-state index contributed by atoms with van der Waals surface area (Å²) in [5.41, 5.74) is 7.74. The Morgan fingerprint density at radius 3 is 2.56 bits per heavy atom. The van der Waals surface area contributed by atoms with Crippen LogP contribution < -0.4 is 5.73 Å². The van der Waals surface area contributed by atoms with Crippen molar-refractivity contribution in [2.45, 2.75) is 33.0 Å². The molecule has 0 aromatic heterocycles. The molecular formula is C12H17NO3. The molecule has 0 spiro atoms. The Kier molecular flexibility index (Phi) is 3.90. The van der Waals surface area contributed by atoms with Crippen LogP contribution in [0, 0.1) is 13.8 Å². The average molecular weight is 223 g/mol. The Labute approximate surface area is 95.0 Å². The third-order valence-electron chi connectivity index (χ3n) is 2.49. The zero-order chi connectivity index (χ0) is 12.3. The van der Waals surface area contributed by atoms with Crippen LogP contribution in [-0.2, 0) is 4.74 Å². The van der Waals surface area contributed by atoms with Gasteiger partial charge in [0.25, 0.3) is 0 Å². The van der Waals surface area contributed by atoms with Gasteiger partial charge in [0.05, 0.1) is 0 Å². The number of hydrogen-bond acceptors (Lipinski definition) is 3. The number of aliphatic hydroxyl groups is 1. The van der Waals surface area contributed by atoms with E-state index in [9.17, 15) is 9.90 Å². The molecule has 1 aromatic carbocycles. The van der Waals surface area contributed by atoms with E-state index in [-0.39, 0.29) is 0 Å². The van der Waals surface area contributed by atoms with Crippen molar-refractivity contribution < 1.29 is 14.6 Å². The van der Waals surface area contributed by atoms with Gasteiger partial charge in [-0.25, -0.2) is 4.79 Å². The van der Waals surface area contributed by atoms with Crippen molar-refractivity contribution in [3.05, 3.63) is 34.9 Å². The molecule has 0 radical (unpaired) electrons. The lowest BCUT2D eigenvalue weighted by molar-refractivity contribution is 0.0154. The first-order chi connectivity index (χ1) is 7.41. The van der Waals surface area contributed by atoms with Crippen LogP contribution in [0.1, 0.15) is 29.7 Å². The van der Waals surface area contributed by atoms with Crippen LogP contribution in [0.3, 0.4) is 0 Å². The molecule has 0 aliphatic carbocycles. The monoisotopic (exact) mass is 223 g/mol. The van der Waals surface area contributed by atoms with Crippen molar-refractivity contribution in [1.82, 2.24) is 0 Å². The Morgan fingerprint density at radius 1 is 1.44 bits per heavy atom. The summed E-state index contributed by atoms with van der Waals surface area (Å²) < 4.78 is 4.74. The van der Waals surface area contributed by atoms with Crippen LogP contribution >= 0.6 is 0 Å². The van der Waals surface area contributed by atoms with Crippen LogP contribution in [-0.4, -0.2) is 17.3 Å². The molecule has 16 heavy (non-hydrogen) atoms. The minimum absolute atomic E-state index is 0.654. The van der Waals surface area contributed by atoms with Gasteiger partial charge in [-0.15, -0.1) is 0 Å². The zero-order valence-electron chi connectivity index (χ0n) is 9.73. The zero-order valence-corrected chi connectivity index (χ0v) is 9.73. The van der Waals surface area contributed by atoms with Crippen molar-refractivity contribution >= 4 is 6.09 Å². The molecule has 4 nitrogen and oxygen atoms in total. The third-order valence-corrected chi connectivity index (χ3v) is 2.49. The van der Waals surface area contributed by atoms with Gasteiger partial charge < -0.3 is 15.6 Å². The fourth-order valence-electron chi connectivity index (χ4n) is 1.66. The third kappa shape index (κ3) is 2.97. The number of aryl methyl sites for hydroxylation is 2. The highest BCUT2D eigenvalue weighted by atomic mass is 16.6. The van der Waals surface area contributed by atoms with Gasteiger partial charge in [0.15, 0.2) is 0 Å². The number of hydrogen-bond donors (Lipinski definition) is 2. The summed E-state index contributed by atoms with van der Waals surface area (Å²) in [6, 6.07) is 5.70. The molecule has 0 bridgehead atoms. The molecule has 0 saturated heterocycles. The maximum Gasteiger partial charge on any atom is 0.404 e. The van der Waals surface area contributed by atoms with E-state index in [0.29, 0.717) is 0 Å². The molecule has 1 amide bonds. The van der Waals surface area contributed by atoms with E-state index < -0.39 is 18.3 Å². The second-order valence-corrected chi connectivity index (χ2v) is 3.95. The van der Waals surface area contributed by atoms with E-state index in [1.54, 1.807) is 6.92 Å². The van der Waals surface area contributed by atoms with Gasteiger partial charge in [0.1, 0.15) is 12.2 Å². The van der Waals surface area contributed by atoms with E-state index in [2.05, 4.69) is 0 Å². The summed E-state index contributed by atoms with van der Waals surface area (Å²) in [5, 5.41) is 9.98. The molecule has 0 fully saturated rings. The molecule has 3 N–H and O–H groups in total. The fourth-order valence-corrected chi connectivity index (χ4v) is 1.66. The Morgan fingerprint density at radius 2 is 2.06 bits per heavy atom. The quantitative estimate of drug-likeness (QED) is 0.821. The highest BCUT2D eigenvalue weighted by Crippen LogP contribution is 2.23. The van der Waals surface area contributed by atoms with Crippen LogP contribution in [0.5, 0.6) is 0 Å². The Balaban J connectivity index is 2.87. The number of carbonyl (C=O) groups is 1. The first kappa shape index (κ1) is 12.5. The number of amides is 1. The van der Waals surface area contributed by atoms with E-state index in [4.69, 9.17) is 10.5 Å². The molecule has 4 heteroatoms. The van der Waals surface area contributed by atoms with Crippen molar-refractivity contribution in [2.24, 2.45) is 5.73 Å². The number of primary amides is 1. The fraction of sp³-hybridized carbons (Fsp3) is 0.417. The highest BCUT2D eigenvalue weighted by Gasteiger charge is 2.20. The maximum absolute atomic E-state index is 10.6. The number of nitrogens with two attached hydrogens (primary N) is 1. The predicted octanol–water partition coefficient (Wildman–Crippen LogP) is 1.82. The van der Waals surface area contributed by atoms with Crippen LogP contribution in [0.25, 0.3) is 0 Å². The molecule has 0 heterocycles. The van der Waals surface area contributed by atoms with Crippen LogP contribution in [0.2, 0.25) is 0 Å². The van der Waals surface area contributed by atoms with E-state index in [1.165, 1.54) is 0 Å². The summed E-state index contributed by atoms with van der Waals surface area (Å²) in [6.07, 6.45) is -2.39. The lowest BCUT2D eigenvalue weighted by atomic mass is 9.98. The summed E-state index contributed by atoms with van der Waals surface area (Å²) >= 11 is 0. The van der Waals surface area contributed by atoms with Gasteiger partial charge >= 0.3 is 6.09 Å².